The Hall–Kier alpha value is -1.34. The van der Waals surface area contributed by atoms with Gasteiger partial charge in [-0.2, -0.15) is 5.26 Å². The topological polar surface area (TPSA) is 64.3 Å². The number of nitriles is 1. The van der Waals surface area contributed by atoms with Crippen molar-refractivity contribution in [2.45, 2.75) is 97.0 Å². The lowest BCUT2D eigenvalue weighted by Gasteiger charge is -2.55. The third kappa shape index (κ3) is 3.86. The Balaban J connectivity index is 1.57. The van der Waals surface area contributed by atoms with Crippen molar-refractivity contribution in [2.75, 3.05) is 14.1 Å². The lowest BCUT2D eigenvalue weighted by molar-refractivity contribution is -0.129. The lowest BCUT2D eigenvalue weighted by atomic mass is 9.50. The van der Waals surface area contributed by atoms with Crippen molar-refractivity contribution in [2.24, 2.45) is 34.5 Å². The van der Waals surface area contributed by atoms with E-state index in [-0.39, 0.29) is 17.4 Å². The molecule has 1 amide bonds. The normalized spacial score (nSPS) is 40.4. The van der Waals surface area contributed by atoms with Gasteiger partial charge in [0.2, 0.25) is 5.91 Å². The second-order valence-corrected chi connectivity index (χ2v) is 11.8. The van der Waals surface area contributed by atoms with E-state index in [4.69, 9.17) is 0 Å². The average molecular weight is 427 g/mol. The summed E-state index contributed by atoms with van der Waals surface area (Å²) in [5.41, 5.74) is 4.11. The molecule has 0 radical (unpaired) electrons. The Morgan fingerprint density at radius 1 is 1.19 bits per heavy atom. The summed E-state index contributed by atoms with van der Waals surface area (Å²) < 4.78 is 0. The molecule has 4 nitrogen and oxygen atoms in total. The number of allylic oxidation sites excluding steroid dienone is 2. The van der Waals surface area contributed by atoms with Crippen LogP contribution in [0.3, 0.4) is 0 Å². The van der Waals surface area contributed by atoms with Gasteiger partial charge in [0.25, 0.3) is 0 Å². The van der Waals surface area contributed by atoms with Gasteiger partial charge in [-0.1, -0.05) is 25.0 Å². The zero-order valence-electron chi connectivity index (χ0n) is 20.1. The Labute approximate surface area is 189 Å². The summed E-state index contributed by atoms with van der Waals surface area (Å²) in [5, 5.41) is 19.8. The van der Waals surface area contributed by atoms with Crippen LogP contribution < -0.4 is 0 Å². The van der Waals surface area contributed by atoms with E-state index in [1.54, 1.807) is 16.0 Å². The van der Waals surface area contributed by atoms with Gasteiger partial charge in [0.05, 0.1) is 12.2 Å². The lowest BCUT2D eigenvalue weighted by Crippen LogP contribution is -2.45. The molecule has 0 bridgehead atoms. The van der Waals surface area contributed by atoms with Gasteiger partial charge in [0.1, 0.15) is 0 Å². The highest BCUT2D eigenvalue weighted by atomic mass is 16.3. The molecule has 7 atom stereocenters. The number of hydrogen-bond donors (Lipinski definition) is 1. The smallest absolute Gasteiger partial charge is 0.222 e. The molecule has 4 aliphatic carbocycles. The van der Waals surface area contributed by atoms with E-state index in [0.29, 0.717) is 41.9 Å². The first-order chi connectivity index (χ1) is 14.7. The Kier molecular flexibility index (Phi) is 6.29. The number of nitrogens with zero attached hydrogens (tertiary/aromatic N) is 2. The van der Waals surface area contributed by atoms with Crippen LogP contribution in [0, 0.1) is 45.8 Å². The molecule has 0 saturated heterocycles. The van der Waals surface area contributed by atoms with Crippen LogP contribution in [0.25, 0.3) is 0 Å². The van der Waals surface area contributed by atoms with Gasteiger partial charge in [-0.3, -0.25) is 4.79 Å². The number of amides is 1. The molecule has 4 aliphatic rings. The van der Waals surface area contributed by atoms with Gasteiger partial charge >= 0.3 is 0 Å². The summed E-state index contributed by atoms with van der Waals surface area (Å²) in [6, 6.07) is 2.45. The van der Waals surface area contributed by atoms with E-state index < -0.39 is 0 Å². The van der Waals surface area contributed by atoms with Crippen molar-refractivity contribution in [3.05, 3.63) is 11.1 Å². The van der Waals surface area contributed by atoms with Crippen LogP contribution in [0.4, 0.5) is 0 Å². The molecule has 2 fully saturated rings. The number of aliphatic hydroxyl groups is 1. The SMILES string of the molecule is CN(C)C(=O)CC[C@@H](CC#N)[C@H]1CC[C@H]2C3=C(CC[C@]12C)[C@@]1(C)CC[C@H](O)CC1CC3. The molecule has 172 valence electrons. The molecule has 0 aromatic carbocycles. The van der Waals surface area contributed by atoms with Gasteiger partial charge < -0.3 is 10.0 Å². The van der Waals surface area contributed by atoms with Crippen molar-refractivity contribution < 1.29 is 9.90 Å². The molecule has 2 saturated carbocycles. The minimum Gasteiger partial charge on any atom is -0.393 e. The largest absolute Gasteiger partial charge is 0.393 e. The summed E-state index contributed by atoms with van der Waals surface area (Å²) >= 11 is 0. The van der Waals surface area contributed by atoms with Crippen LogP contribution in [-0.4, -0.2) is 36.1 Å². The molecule has 0 heterocycles. The molecule has 0 aliphatic heterocycles. The average Bonchev–Trinajstić information content (AvgIpc) is 3.08. The molecule has 31 heavy (non-hydrogen) atoms. The van der Waals surface area contributed by atoms with Gasteiger partial charge in [0, 0.05) is 26.9 Å². The third-order valence-electron chi connectivity index (χ3n) is 10.2. The van der Waals surface area contributed by atoms with Crippen molar-refractivity contribution in [3.8, 4) is 6.07 Å². The fraction of sp³-hybridized carbons (Fsp3) is 0.852. The van der Waals surface area contributed by atoms with Gasteiger partial charge in [-0.15, -0.1) is 0 Å². The second kappa shape index (κ2) is 8.54. The predicted octanol–water partition coefficient (Wildman–Crippen LogP) is 5.47. The summed E-state index contributed by atoms with van der Waals surface area (Å²) in [6.07, 6.45) is 12.3. The van der Waals surface area contributed by atoms with Crippen LogP contribution in [0.1, 0.15) is 90.9 Å². The molecule has 4 heteroatoms. The minimum absolute atomic E-state index is 0.0958. The van der Waals surface area contributed by atoms with Crippen LogP contribution in [0.2, 0.25) is 0 Å². The van der Waals surface area contributed by atoms with E-state index in [9.17, 15) is 15.2 Å². The molecule has 1 unspecified atom stereocenters. The van der Waals surface area contributed by atoms with E-state index in [2.05, 4.69) is 19.9 Å². The zero-order chi connectivity index (χ0) is 22.4. The summed E-state index contributed by atoms with van der Waals surface area (Å²) in [4.78, 5) is 13.9. The number of aliphatic hydroxyl groups excluding tert-OH is 1. The quantitative estimate of drug-likeness (QED) is 0.593. The van der Waals surface area contributed by atoms with Crippen LogP contribution in [0.5, 0.6) is 0 Å². The van der Waals surface area contributed by atoms with Crippen LogP contribution >= 0.6 is 0 Å². The summed E-state index contributed by atoms with van der Waals surface area (Å²) in [5.74, 6) is 2.39. The van der Waals surface area contributed by atoms with Crippen LogP contribution in [-0.2, 0) is 4.79 Å². The Morgan fingerprint density at radius 2 is 1.97 bits per heavy atom. The molecule has 0 aromatic heterocycles. The molecular formula is C27H42N2O2. The standard InChI is InChI=1S/C27H42N2O2/c1-26-14-11-20(30)17-19(26)6-7-21-23-9-8-22(27(23,2)15-12-24(21)26)18(13-16-28)5-10-25(31)29(3)4/h18-20,22-23,30H,5-15,17H2,1-4H3/t18-,19?,20-,22+,23-,26-,27+/m0/s1. The summed E-state index contributed by atoms with van der Waals surface area (Å²) in [6.45, 7) is 5.01. The highest BCUT2D eigenvalue weighted by Gasteiger charge is 2.56. The van der Waals surface area contributed by atoms with E-state index >= 15 is 0 Å². The van der Waals surface area contributed by atoms with Crippen molar-refractivity contribution in [1.29, 1.82) is 5.26 Å². The number of carbonyl (C=O) groups is 1. The predicted molar refractivity (Wildman–Crippen MR) is 123 cm³/mol. The van der Waals surface area contributed by atoms with Gasteiger partial charge in [0.15, 0.2) is 0 Å². The van der Waals surface area contributed by atoms with E-state index in [1.165, 1.54) is 38.5 Å². The van der Waals surface area contributed by atoms with E-state index in [1.807, 2.05) is 14.1 Å². The Morgan fingerprint density at radius 3 is 2.68 bits per heavy atom. The molecule has 0 aromatic rings. The maximum atomic E-state index is 12.2. The zero-order valence-corrected chi connectivity index (χ0v) is 20.1. The van der Waals surface area contributed by atoms with Gasteiger partial charge in [-0.25, -0.2) is 0 Å². The fourth-order valence-electron chi connectivity index (χ4n) is 8.35. The number of hydrogen-bond acceptors (Lipinski definition) is 3. The van der Waals surface area contributed by atoms with E-state index in [0.717, 1.165) is 25.7 Å². The first-order valence-electron chi connectivity index (χ1n) is 12.7. The van der Waals surface area contributed by atoms with Crippen molar-refractivity contribution >= 4 is 5.91 Å². The number of fused-ring (bicyclic) bond motifs is 4. The molecular weight excluding hydrogens is 384 g/mol. The second-order valence-electron chi connectivity index (χ2n) is 11.8. The van der Waals surface area contributed by atoms with Gasteiger partial charge in [-0.05, 0) is 98.7 Å². The van der Waals surface area contributed by atoms with Crippen LogP contribution in [0.15, 0.2) is 11.1 Å². The van der Waals surface area contributed by atoms with Crippen molar-refractivity contribution in [3.63, 3.8) is 0 Å². The highest BCUT2D eigenvalue weighted by Crippen LogP contribution is 2.66. The highest BCUT2D eigenvalue weighted by molar-refractivity contribution is 5.75. The summed E-state index contributed by atoms with van der Waals surface area (Å²) in [7, 11) is 3.65. The maximum Gasteiger partial charge on any atom is 0.222 e. The monoisotopic (exact) mass is 426 g/mol. The minimum atomic E-state index is -0.0958. The maximum absolute atomic E-state index is 12.2. The third-order valence-corrected chi connectivity index (χ3v) is 10.2. The molecule has 4 rings (SSSR count). The molecule has 1 N–H and O–H groups in total. The Bertz CT molecular complexity index is 781. The molecule has 0 spiro atoms. The number of carbonyl (C=O) groups excluding carboxylic acids is 1. The van der Waals surface area contributed by atoms with Crippen molar-refractivity contribution in [1.82, 2.24) is 4.90 Å². The number of rotatable bonds is 5. The fourth-order valence-corrected chi connectivity index (χ4v) is 8.35. The first-order valence-corrected chi connectivity index (χ1v) is 12.7. The first kappa shape index (κ1) is 22.8.